The largest absolute Gasteiger partial charge is 0.449 e. The molecule has 0 saturated heterocycles. The Morgan fingerprint density at radius 3 is 2.62 bits per heavy atom. The Hall–Kier alpha value is -2.15. The van der Waals surface area contributed by atoms with E-state index in [9.17, 15) is 18.0 Å². The minimum atomic E-state index is -4.63. The van der Waals surface area contributed by atoms with Crippen LogP contribution in [0.5, 0.6) is 0 Å². The Morgan fingerprint density at radius 2 is 1.96 bits per heavy atom. The smallest absolute Gasteiger partial charge is 0.303 e. The van der Waals surface area contributed by atoms with Crippen molar-refractivity contribution in [1.82, 2.24) is 14.9 Å². The number of fused-ring (bicyclic) bond motifs is 1. The SMILES string of the molecule is CCc1ccccc1CN1CCc2nc(C(F)(F)F)[nH]c(=O)c2C1. The molecule has 0 radical (unpaired) electrons. The highest BCUT2D eigenvalue weighted by Gasteiger charge is 2.35. The Balaban J connectivity index is 1.84. The topological polar surface area (TPSA) is 49.0 Å². The lowest BCUT2D eigenvalue weighted by atomic mass is 10.0. The molecule has 7 heteroatoms. The molecule has 0 bridgehead atoms. The van der Waals surface area contributed by atoms with Crippen LogP contribution in [-0.2, 0) is 32.1 Å². The van der Waals surface area contributed by atoms with Gasteiger partial charge in [-0.15, -0.1) is 0 Å². The number of H-pyrrole nitrogens is 1. The van der Waals surface area contributed by atoms with Crippen LogP contribution < -0.4 is 5.56 Å². The average molecular weight is 337 g/mol. The minimum absolute atomic E-state index is 0.256. The number of hydrogen-bond donors (Lipinski definition) is 1. The first-order chi connectivity index (χ1) is 11.4. The van der Waals surface area contributed by atoms with Crippen molar-refractivity contribution < 1.29 is 13.2 Å². The zero-order chi connectivity index (χ0) is 17.3. The second kappa shape index (κ2) is 6.39. The maximum absolute atomic E-state index is 12.7. The van der Waals surface area contributed by atoms with Gasteiger partial charge in [-0.25, -0.2) is 4.98 Å². The van der Waals surface area contributed by atoms with E-state index in [-0.39, 0.29) is 5.69 Å². The van der Waals surface area contributed by atoms with Crippen molar-refractivity contribution in [2.24, 2.45) is 0 Å². The van der Waals surface area contributed by atoms with Crippen molar-refractivity contribution in [2.45, 2.75) is 39.0 Å². The molecular formula is C17H18F3N3O. The molecule has 0 fully saturated rings. The molecule has 128 valence electrons. The molecule has 1 aromatic carbocycles. The van der Waals surface area contributed by atoms with Gasteiger partial charge in [-0.05, 0) is 17.5 Å². The molecule has 1 N–H and O–H groups in total. The maximum Gasteiger partial charge on any atom is 0.449 e. The highest BCUT2D eigenvalue weighted by molar-refractivity contribution is 5.28. The van der Waals surface area contributed by atoms with Gasteiger partial charge in [0.2, 0.25) is 5.82 Å². The number of hydrogen-bond acceptors (Lipinski definition) is 3. The lowest BCUT2D eigenvalue weighted by molar-refractivity contribution is -0.145. The fourth-order valence-corrected chi connectivity index (χ4v) is 3.05. The number of aromatic nitrogens is 2. The van der Waals surface area contributed by atoms with Crippen molar-refractivity contribution >= 4 is 0 Å². The summed E-state index contributed by atoms with van der Waals surface area (Å²) >= 11 is 0. The lowest BCUT2D eigenvalue weighted by Gasteiger charge is -2.28. The van der Waals surface area contributed by atoms with Crippen LogP contribution in [0.3, 0.4) is 0 Å². The summed E-state index contributed by atoms with van der Waals surface area (Å²) in [6, 6.07) is 8.07. The normalized spacial score (nSPS) is 15.3. The summed E-state index contributed by atoms with van der Waals surface area (Å²) in [6.07, 6.45) is -3.38. The molecule has 24 heavy (non-hydrogen) atoms. The van der Waals surface area contributed by atoms with Crippen LogP contribution in [0, 0.1) is 0 Å². The van der Waals surface area contributed by atoms with E-state index in [0.717, 1.165) is 6.42 Å². The van der Waals surface area contributed by atoms with Gasteiger partial charge in [-0.3, -0.25) is 9.69 Å². The van der Waals surface area contributed by atoms with Gasteiger partial charge >= 0.3 is 6.18 Å². The number of benzene rings is 1. The van der Waals surface area contributed by atoms with Gasteiger partial charge in [0.15, 0.2) is 0 Å². The first-order valence-corrected chi connectivity index (χ1v) is 7.87. The first-order valence-electron chi connectivity index (χ1n) is 7.87. The molecule has 2 heterocycles. The van der Waals surface area contributed by atoms with E-state index in [1.807, 2.05) is 23.2 Å². The number of alkyl halides is 3. The van der Waals surface area contributed by atoms with E-state index in [0.29, 0.717) is 31.6 Å². The fraction of sp³-hybridized carbons (Fsp3) is 0.412. The number of aromatic amines is 1. The third-order valence-electron chi connectivity index (χ3n) is 4.31. The van der Waals surface area contributed by atoms with Crippen LogP contribution in [0.2, 0.25) is 0 Å². The first kappa shape index (κ1) is 16.7. The molecule has 0 atom stereocenters. The number of aryl methyl sites for hydroxylation is 1. The van der Waals surface area contributed by atoms with Gasteiger partial charge in [0.1, 0.15) is 0 Å². The summed E-state index contributed by atoms with van der Waals surface area (Å²) in [5.41, 5.74) is 2.32. The van der Waals surface area contributed by atoms with E-state index in [1.54, 1.807) is 0 Å². The summed E-state index contributed by atoms with van der Waals surface area (Å²) in [6.45, 7) is 3.65. The van der Waals surface area contributed by atoms with Crippen LogP contribution >= 0.6 is 0 Å². The van der Waals surface area contributed by atoms with E-state index >= 15 is 0 Å². The molecular weight excluding hydrogens is 319 g/mol. The Morgan fingerprint density at radius 1 is 1.25 bits per heavy atom. The molecule has 0 aliphatic carbocycles. The molecule has 1 aromatic heterocycles. The van der Waals surface area contributed by atoms with Crippen LogP contribution in [0.25, 0.3) is 0 Å². The standard InChI is InChI=1S/C17H18F3N3O/c1-2-11-5-3-4-6-12(11)9-23-8-7-14-13(10-23)15(24)22-16(21-14)17(18,19)20/h3-6H,2,7-10H2,1H3,(H,21,22,24). The third kappa shape index (κ3) is 3.36. The second-order valence-electron chi connectivity index (χ2n) is 5.92. The van der Waals surface area contributed by atoms with Crippen molar-refractivity contribution in [2.75, 3.05) is 6.54 Å². The van der Waals surface area contributed by atoms with Gasteiger partial charge < -0.3 is 4.98 Å². The predicted molar refractivity (Wildman–Crippen MR) is 83.5 cm³/mol. The summed E-state index contributed by atoms with van der Waals surface area (Å²) < 4.78 is 38.2. The molecule has 0 unspecified atom stereocenters. The third-order valence-corrected chi connectivity index (χ3v) is 4.31. The molecule has 0 saturated carbocycles. The van der Waals surface area contributed by atoms with Gasteiger partial charge in [0, 0.05) is 26.1 Å². The summed E-state index contributed by atoms with van der Waals surface area (Å²) in [5.74, 6) is -1.21. The van der Waals surface area contributed by atoms with Crippen LogP contribution in [-0.4, -0.2) is 21.4 Å². The van der Waals surface area contributed by atoms with Crippen molar-refractivity contribution in [3.63, 3.8) is 0 Å². The molecule has 1 aliphatic heterocycles. The molecule has 0 spiro atoms. The van der Waals surface area contributed by atoms with Crippen LogP contribution in [0.15, 0.2) is 29.1 Å². The van der Waals surface area contributed by atoms with Crippen LogP contribution in [0.1, 0.15) is 35.1 Å². The summed E-state index contributed by atoms with van der Waals surface area (Å²) in [5, 5.41) is 0. The highest BCUT2D eigenvalue weighted by atomic mass is 19.4. The van der Waals surface area contributed by atoms with E-state index < -0.39 is 17.6 Å². The van der Waals surface area contributed by atoms with Gasteiger partial charge in [-0.1, -0.05) is 31.2 Å². The average Bonchev–Trinajstić information content (AvgIpc) is 2.55. The molecule has 3 rings (SSSR count). The zero-order valence-corrected chi connectivity index (χ0v) is 13.3. The minimum Gasteiger partial charge on any atom is -0.303 e. The van der Waals surface area contributed by atoms with E-state index in [2.05, 4.69) is 22.9 Å². The Labute approximate surface area is 137 Å². The van der Waals surface area contributed by atoms with Crippen molar-refractivity contribution in [3.05, 3.63) is 62.8 Å². The zero-order valence-electron chi connectivity index (χ0n) is 13.3. The van der Waals surface area contributed by atoms with Crippen molar-refractivity contribution in [3.8, 4) is 0 Å². The monoisotopic (exact) mass is 337 g/mol. The number of rotatable bonds is 3. The predicted octanol–water partition coefficient (Wildman–Crippen LogP) is 2.91. The Kier molecular flexibility index (Phi) is 4.45. The van der Waals surface area contributed by atoms with Crippen molar-refractivity contribution in [1.29, 1.82) is 0 Å². The molecule has 0 amide bonds. The fourth-order valence-electron chi connectivity index (χ4n) is 3.05. The van der Waals surface area contributed by atoms with Gasteiger partial charge in [0.05, 0.1) is 11.3 Å². The summed E-state index contributed by atoms with van der Waals surface area (Å²) in [7, 11) is 0. The molecule has 1 aliphatic rings. The van der Waals surface area contributed by atoms with Gasteiger partial charge in [-0.2, -0.15) is 13.2 Å². The quantitative estimate of drug-likeness (QED) is 0.937. The second-order valence-corrected chi connectivity index (χ2v) is 5.92. The summed E-state index contributed by atoms with van der Waals surface area (Å²) in [4.78, 5) is 19.6. The highest BCUT2D eigenvalue weighted by Crippen LogP contribution is 2.27. The van der Waals surface area contributed by atoms with Crippen LogP contribution in [0.4, 0.5) is 13.2 Å². The van der Waals surface area contributed by atoms with E-state index in [1.165, 1.54) is 11.1 Å². The maximum atomic E-state index is 12.7. The number of nitrogens with zero attached hydrogens (tertiary/aromatic N) is 2. The Bertz CT molecular complexity index is 798. The number of halogens is 3. The van der Waals surface area contributed by atoms with E-state index in [4.69, 9.17) is 0 Å². The lowest BCUT2D eigenvalue weighted by Crippen LogP contribution is -2.36. The molecule has 2 aromatic rings. The number of nitrogens with one attached hydrogen (secondary N) is 1. The molecule has 4 nitrogen and oxygen atoms in total. The van der Waals surface area contributed by atoms with Gasteiger partial charge in [0.25, 0.3) is 5.56 Å².